The lowest BCUT2D eigenvalue weighted by Crippen LogP contribution is -2.23. The van der Waals surface area contributed by atoms with Crippen LogP contribution in [0.2, 0.25) is 0 Å². The highest BCUT2D eigenvalue weighted by Crippen LogP contribution is 2.26. The first-order chi connectivity index (χ1) is 18.7. The molecule has 0 amide bonds. The Labute approximate surface area is 227 Å². The maximum atomic E-state index is 13.5. The Balaban J connectivity index is 1.45. The summed E-state index contributed by atoms with van der Waals surface area (Å²) >= 11 is 0. The van der Waals surface area contributed by atoms with Crippen LogP contribution in [0.4, 0.5) is 11.6 Å². The van der Waals surface area contributed by atoms with Crippen LogP contribution < -0.4 is 20.9 Å². The van der Waals surface area contributed by atoms with Crippen molar-refractivity contribution in [2.75, 3.05) is 18.4 Å². The molecule has 1 aromatic carbocycles. The normalized spacial score (nSPS) is 15.7. The van der Waals surface area contributed by atoms with E-state index in [-0.39, 0.29) is 16.6 Å². The van der Waals surface area contributed by atoms with E-state index < -0.39 is 15.1 Å². The number of ether oxygens (including phenoxy) is 1. The highest BCUT2D eigenvalue weighted by Gasteiger charge is 2.22. The zero-order valence-corrected chi connectivity index (χ0v) is 23.2. The van der Waals surface area contributed by atoms with Crippen LogP contribution in [-0.4, -0.2) is 52.4 Å². The molecule has 11 heteroatoms. The van der Waals surface area contributed by atoms with Crippen molar-refractivity contribution < 1.29 is 13.2 Å². The Kier molecular flexibility index (Phi) is 7.37. The number of aryl methyl sites for hydroxylation is 2. The topological polar surface area (TPSA) is 128 Å². The van der Waals surface area contributed by atoms with Crippen LogP contribution in [0.25, 0.3) is 22.3 Å². The quantitative estimate of drug-likeness (QED) is 0.337. The van der Waals surface area contributed by atoms with E-state index in [1.54, 1.807) is 43.7 Å². The molecule has 0 aliphatic carbocycles. The van der Waals surface area contributed by atoms with E-state index >= 15 is 0 Å². The minimum Gasteiger partial charge on any atom is -0.489 e. The van der Waals surface area contributed by atoms with E-state index in [0.29, 0.717) is 40.3 Å². The lowest BCUT2D eigenvalue weighted by atomic mass is 10.1. The number of nitrogens with one attached hydrogen (secondary N) is 2. The zero-order valence-electron chi connectivity index (χ0n) is 22.4. The first kappa shape index (κ1) is 26.8. The molecular formula is C28H32N6O4S. The molecule has 0 saturated carbocycles. The molecule has 1 unspecified atom stereocenters. The van der Waals surface area contributed by atoms with E-state index in [1.165, 1.54) is 6.20 Å². The Morgan fingerprint density at radius 3 is 2.56 bits per heavy atom. The molecule has 1 fully saturated rings. The fourth-order valence-electron chi connectivity index (χ4n) is 4.61. The minimum absolute atomic E-state index is 0.143. The summed E-state index contributed by atoms with van der Waals surface area (Å²) in [7, 11) is -3.48. The van der Waals surface area contributed by atoms with E-state index in [9.17, 15) is 13.2 Å². The fourth-order valence-corrected chi connectivity index (χ4v) is 5.69. The summed E-state index contributed by atoms with van der Waals surface area (Å²) < 4.78 is 32.7. The molecule has 3 aromatic heterocycles. The van der Waals surface area contributed by atoms with Gasteiger partial charge in [-0.2, -0.15) is 4.98 Å². The molecule has 1 aliphatic rings. The van der Waals surface area contributed by atoms with Crippen LogP contribution in [0.5, 0.6) is 5.75 Å². The molecule has 4 aromatic rings. The molecule has 204 valence electrons. The van der Waals surface area contributed by atoms with Crippen LogP contribution >= 0.6 is 0 Å². The predicted molar refractivity (Wildman–Crippen MR) is 151 cm³/mol. The monoisotopic (exact) mass is 548 g/mol. The number of pyridine rings is 2. The summed E-state index contributed by atoms with van der Waals surface area (Å²) in [6.07, 6.45) is 4.17. The second-order valence-electron chi connectivity index (χ2n) is 9.89. The standard InChI is InChI=1S/C28H32N6O4S/c1-5-34-26-19(13-24(27(34)35)25-18(4)12-23(16-30-25)39(36,37)17(2)3)14-31-28(33-26)32-20-6-8-21(9-7-20)38-22-10-11-29-15-22/h6-9,12-14,16-17,22,29H,5,10-11,15H2,1-4H3,(H,31,32,33). The fraction of sp³-hybridized carbons (Fsp3) is 0.357. The van der Waals surface area contributed by atoms with Gasteiger partial charge in [-0.05, 0) is 82.6 Å². The molecule has 5 rings (SSSR count). The number of anilines is 2. The first-order valence-corrected chi connectivity index (χ1v) is 14.6. The summed E-state index contributed by atoms with van der Waals surface area (Å²) in [5.41, 5.74) is 2.44. The van der Waals surface area contributed by atoms with E-state index in [4.69, 9.17) is 4.74 Å². The largest absolute Gasteiger partial charge is 0.489 e. The van der Waals surface area contributed by atoms with Gasteiger partial charge in [-0.1, -0.05) is 0 Å². The van der Waals surface area contributed by atoms with Gasteiger partial charge in [-0.25, -0.2) is 13.4 Å². The number of rotatable bonds is 8. The second kappa shape index (κ2) is 10.7. The molecule has 1 atom stereocenters. The molecule has 0 bridgehead atoms. The average molecular weight is 549 g/mol. The van der Waals surface area contributed by atoms with Gasteiger partial charge >= 0.3 is 0 Å². The van der Waals surface area contributed by atoms with Crippen molar-refractivity contribution >= 4 is 32.5 Å². The highest BCUT2D eigenvalue weighted by atomic mass is 32.2. The van der Waals surface area contributed by atoms with Crippen molar-refractivity contribution in [3.63, 3.8) is 0 Å². The van der Waals surface area contributed by atoms with Gasteiger partial charge in [-0.3, -0.25) is 14.3 Å². The van der Waals surface area contributed by atoms with Gasteiger partial charge < -0.3 is 15.4 Å². The van der Waals surface area contributed by atoms with Gasteiger partial charge in [0.1, 0.15) is 17.5 Å². The predicted octanol–water partition coefficient (Wildman–Crippen LogP) is 3.85. The number of sulfone groups is 1. The molecule has 1 saturated heterocycles. The minimum atomic E-state index is -3.48. The molecule has 39 heavy (non-hydrogen) atoms. The number of benzene rings is 1. The Morgan fingerprint density at radius 2 is 1.92 bits per heavy atom. The van der Waals surface area contributed by atoms with Crippen molar-refractivity contribution in [3.8, 4) is 17.0 Å². The van der Waals surface area contributed by atoms with Crippen LogP contribution in [0.3, 0.4) is 0 Å². The highest BCUT2D eigenvalue weighted by molar-refractivity contribution is 7.92. The van der Waals surface area contributed by atoms with E-state index in [2.05, 4.69) is 25.6 Å². The van der Waals surface area contributed by atoms with Gasteiger partial charge in [0.05, 0.1) is 21.4 Å². The van der Waals surface area contributed by atoms with Gasteiger partial charge in [0, 0.05) is 36.6 Å². The van der Waals surface area contributed by atoms with Crippen LogP contribution in [-0.2, 0) is 16.4 Å². The third kappa shape index (κ3) is 5.37. The lowest BCUT2D eigenvalue weighted by Gasteiger charge is -2.14. The number of nitrogens with zero attached hydrogens (tertiary/aromatic N) is 4. The third-order valence-corrected chi connectivity index (χ3v) is 8.95. The molecule has 1 aliphatic heterocycles. The number of aromatic nitrogens is 4. The van der Waals surface area contributed by atoms with Gasteiger partial charge in [0.15, 0.2) is 9.84 Å². The molecule has 4 heterocycles. The summed E-state index contributed by atoms with van der Waals surface area (Å²) in [6.45, 7) is 9.10. The van der Waals surface area contributed by atoms with Gasteiger partial charge in [0.25, 0.3) is 5.56 Å². The van der Waals surface area contributed by atoms with Crippen LogP contribution in [0.1, 0.15) is 32.8 Å². The second-order valence-corrected chi connectivity index (χ2v) is 12.4. The maximum Gasteiger partial charge on any atom is 0.261 e. The average Bonchev–Trinajstić information content (AvgIpc) is 3.43. The van der Waals surface area contributed by atoms with E-state index in [0.717, 1.165) is 30.9 Å². The van der Waals surface area contributed by atoms with Crippen molar-refractivity contribution in [2.24, 2.45) is 0 Å². The van der Waals surface area contributed by atoms with Gasteiger partial charge in [-0.15, -0.1) is 0 Å². The summed E-state index contributed by atoms with van der Waals surface area (Å²) in [6, 6.07) is 10.9. The van der Waals surface area contributed by atoms with Crippen molar-refractivity contribution in [3.05, 3.63) is 64.7 Å². The van der Waals surface area contributed by atoms with E-state index in [1.807, 2.05) is 31.2 Å². The number of hydrogen-bond acceptors (Lipinski definition) is 9. The molecular weight excluding hydrogens is 516 g/mol. The first-order valence-electron chi connectivity index (χ1n) is 13.0. The SMILES string of the molecule is CCn1c(=O)c(-c2ncc(S(=O)(=O)C(C)C)cc2C)cc2cnc(Nc3ccc(OC4CCNC4)cc3)nc21. The Hall–Kier alpha value is -3.83. The summed E-state index contributed by atoms with van der Waals surface area (Å²) in [5, 5.41) is 6.59. The van der Waals surface area contributed by atoms with Crippen LogP contribution in [0, 0.1) is 6.92 Å². The smallest absolute Gasteiger partial charge is 0.261 e. The van der Waals surface area contributed by atoms with Crippen molar-refractivity contribution in [1.82, 2.24) is 24.8 Å². The Morgan fingerprint density at radius 1 is 1.15 bits per heavy atom. The summed E-state index contributed by atoms with van der Waals surface area (Å²) in [5.74, 6) is 1.17. The maximum absolute atomic E-state index is 13.5. The van der Waals surface area contributed by atoms with Gasteiger partial charge in [0.2, 0.25) is 5.95 Å². The summed E-state index contributed by atoms with van der Waals surface area (Å²) in [4.78, 5) is 27.1. The lowest BCUT2D eigenvalue weighted by molar-refractivity contribution is 0.223. The molecule has 10 nitrogen and oxygen atoms in total. The molecule has 2 N–H and O–H groups in total. The third-order valence-electron chi connectivity index (χ3n) is 6.83. The van der Waals surface area contributed by atoms with Crippen molar-refractivity contribution in [2.45, 2.75) is 56.9 Å². The Bertz CT molecular complexity index is 1680. The number of fused-ring (bicyclic) bond motifs is 1. The van der Waals surface area contributed by atoms with Crippen LogP contribution in [0.15, 0.2) is 58.5 Å². The zero-order chi connectivity index (χ0) is 27.7. The van der Waals surface area contributed by atoms with Crippen molar-refractivity contribution in [1.29, 1.82) is 0 Å². The molecule has 0 spiro atoms. The molecule has 0 radical (unpaired) electrons. The number of hydrogen-bond donors (Lipinski definition) is 2.